The van der Waals surface area contributed by atoms with Crippen molar-refractivity contribution in [1.29, 1.82) is 0 Å². The molecule has 2 aromatic rings. The van der Waals surface area contributed by atoms with Gasteiger partial charge in [0.2, 0.25) is 0 Å². The quantitative estimate of drug-likeness (QED) is 0.454. The van der Waals surface area contributed by atoms with Crippen LogP contribution in [0.2, 0.25) is 5.02 Å². The maximum Gasteiger partial charge on any atom is 0.335 e. The third kappa shape index (κ3) is 3.80. The molecule has 108 valence electrons. The average Bonchev–Trinajstić information content (AvgIpc) is 2.87. The maximum absolute atomic E-state index is 11.0. The van der Waals surface area contributed by atoms with Crippen LogP contribution in [0.3, 0.4) is 0 Å². The van der Waals surface area contributed by atoms with Crippen LogP contribution in [0.1, 0.15) is 16.1 Å². The van der Waals surface area contributed by atoms with Gasteiger partial charge in [0.15, 0.2) is 5.11 Å². The van der Waals surface area contributed by atoms with Crippen LogP contribution in [0.4, 0.5) is 0 Å². The molecule has 0 amide bonds. The van der Waals surface area contributed by atoms with E-state index in [2.05, 4.69) is 22.7 Å². The Kier molecular flexibility index (Phi) is 4.56. The molecule has 6 nitrogen and oxygen atoms in total. The molecule has 1 heterocycles. The van der Waals surface area contributed by atoms with Gasteiger partial charge < -0.3 is 15.3 Å². The summed E-state index contributed by atoms with van der Waals surface area (Å²) in [6, 6.07) is 7.69. The zero-order valence-corrected chi connectivity index (χ0v) is 12.1. The fraction of sp³-hybridized carbons (Fsp3) is 0. The molecule has 8 heteroatoms. The highest BCUT2D eigenvalue weighted by molar-refractivity contribution is 7.80. The largest absolute Gasteiger partial charge is 0.478 e. The number of hydrogen-bond acceptors (Lipinski definition) is 4. The van der Waals surface area contributed by atoms with Gasteiger partial charge >= 0.3 is 5.97 Å². The van der Waals surface area contributed by atoms with Crippen LogP contribution < -0.4 is 11.2 Å². The number of rotatable bonds is 4. The first-order chi connectivity index (χ1) is 9.97. The number of thiocarbonyl (C=S) groups is 1. The standard InChI is InChI=1S/C13H10ClN3O3S/c14-10-3-1-7(12(18)19)5-9(10)11-4-2-8(20-11)6-16-17-13(15)21/h1-6H,(H,18,19)(H3,15,17,21)/b16-6+. The lowest BCUT2D eigenvalue weighted by atomic mass is 10.1. The molecule has 0 unspecified atom stereocenters. The second kappa shape index (κ2) is 6.38. The Morgan fingerprint density at radius 1 is 1.43 bits per heavy atom. The molecule has 21 heavy (non-hydrogen) atoms. The lowest BCUT2D eigenvalue weighted by molar-refractivity contribution is 0.0697. The maximum atomic E-state index is 11.0. The Balaban J connectivity index is 2.29. The zero-order chi connectivity index (χ0) is 15.4. The van der Waals surface area contributed by atoms with E-state index in [1.807, 2.05) is 0 Å². The number of nitrogens with two attached hydrogens (primary N) is 1. The first-order valence-electron chi connectivity index (χ1n) is 5.69. The van der Waals surface area contributed by atoms with E-state index in [-0.39, 0.29) is 10.7 Å². The van der Waals surface area contributed by atoms with Crippen LogP contribution in [-0.4, -0.2) is 22.4 Å². The second-order valence-electron chi connectivity index (χ2n) is 3.94. The third-order valence-electron chi connectivity index (χ3n) is 2.47. The Morgan fingerprint density at radius 2 is 2.19 bits per heavy atom. The van der Waals surface area contributed by atoms with Gasteiger partial charge in [-0.2, -0.15) is 5.10 Å². The van der Waals surface area contributed by atoms with Crippen molar-refractivity contribution in [2.45, 2.75) is 0 Å². The number of furan rings is 1. The molecule has 0 fully saturated rings. The van der Waals surface area contributed by atoms with Crippen molar-refractivity contribution in [3.05, 3.63) is 46.7 Å². The number of nitrogens with zero attached hydrogens (tertiary/aromatic N) is 1. The number of carboxylic acids is 1. The number of nitrogens with one attached hydrogen (secondary N) is 1. The number of carbonyl (C=O) groups is 1. The minimum absolute atomic E-state index is 0.0373. The molecule has 2 rings (SSSR count). The van der Waals surface area contributed by atoms with E-state index in [0.717, 1.165) is 0 Å². The van der Waals surface area contributed by atoms with Gasteiger partial charge in [0.25, 0.3) is 0 Å². The van der Waals surface area contributed by atoms with Crippen molar-refractivity contribution in [2.24, 2.45) is 10.8 Å². The first-order valence-corrected chi connectivity index (χ1v) is 6.47. The molecule has 0 bridgehead atoms. The van der Waals surface area contributed by atoms with E-state index in [1.54, 1.807) is 12.1 Å². The van der Waals surface area contributed by atoms with Crippen molar-refractivity contribution in [3.8, 4) is 11.3 Å². The van der Waals surface area contributed by atoms with Gasteiger partial charge in [-0.25, -0.2) is 4.79 Å². The van der Waals surface area contributed by atoms with Crippen LogP contribution in [0.25, 0.3) is 11.3 Å². The summed E-state index contributed by atoms with van der Waals surface area (Å²) in [6.07, 6.45) is 1.39. The molecule has 0 radical (unpaired) electrons. The minimum Gasteiger partial charge on any atom is -0.478 e. The van der Waals surface area contributed by atoms with Gasteiger partial charge in [0.1, 0.15) is 11.5 Å². The van der Waals surface area contributed by atoms with Crippen LogP contribution in [0.15, 0.2) is 39.9 Å². The van der Waals surface area contributed by atoms with Crippen molar-refractivity contribution in [3.63, 3.8) is 0 Å². The lowest BCUT2D eigenvalue weighted by Crippen LogP contribution is -2.23. The summed E-state index contributed by atoms with van der Waals surface area (Å²) in [6.45, 7) is 0. The molecule has 0 spiro atoms. The van der Waals surface area contributed by atoms with E-state index in [1.165, 1.54) is 24.4 Å². The number of hydrazone groups is 1. The molecule has 0 saturated carbocycles. The van der Waals surface area contributed by atoms with Crippen molar-refractivity contribution < 1.29 is 14.3 Å². The summed E-state index contributed by atoms with van der Waals surface area (Å²) in [7, 11) is 0. The summed E-state index contributed by atoms with van der Waals surface area (Å²) >= 11 is 10.7. The molecule has 0 aliphatic rings. The Labute approximate surface area is 130 Å². The topological polar surface area (TPSA) is 101 Å². The monoisotopic (exact) mass is 323 g/mol. The van der Waals surface area contributed by atoms with Crippen molar-refractivity contribution in [2.75, 3.05) is 0 Å². The van der Waals surface area contributed by atoms with Crippen LogP contribution in [-0.2, 0) is 0 Å². The Bertz CT molecular complexity index is 727. The predicted molar refractivity (Wildman–Crippen MR) is 83.6 cm³/mol. The van der Waals surface area contributed by atoms with Gasteiger partial charge in [0, 0.05) is 5.56 Å². The van der Waals surface area contributed by atoms with E-state index in [0.29, 0.717) is 22.1 Å². The summed E-state index contributed by atoms with van der Waals surface area (Å²) in [4.78, 5) is 11.0. The molecule has 1 aromatic heterocycles. The van der Waals surface area contributed by atoms with E-state index < -0.39 is 5.97 Å². The number of hydrogen-bond donors (Lipinski definition) is 3. The highest BCUT2D eigenvalue weighted by Gasteiger charge is 2.12. The van der Waals surface area contributed by atoms with Crippen LogP contribution in [0, 0.1) is 0 Å². The molecule has 0 aliphatic carbocycles. The normalized spacial score (nSPS) is 10.7. The van der Waals surface area contributed by atoms with Gasteiger partial charge in [-0.05, 0) is 42.5 Å². The lowest BCUT2D eigenvalue weighted by Gasteiger charge is -2.02. The summed E-state index contributed by atoms with van der Waals surface area (Å²) in [5.74, 6) is -0.174. The Hall–Kier alpha value is -2.38. The molecule has 1 aromatic carbocycles. The highest BCUT2D eigenvalue weighted by Crippen LogP contribution is 2.30. The van der Waals surface area contributed by atoms with Crippen LogP contribution >= 0.6 is 23.8 Å². The molecule has 4 N–H and O–H groups in total. The SMILES string of the molecule is NC(=S)N/N=C/c1ccc(-c2cc(C(=O)O)ccc2Cl)o1. The van der Waals surface area contributed by atoms with E-state index in [9.17, 15) is 4.79 Å². The molecule has 0 aliphatic heterocycles. The smallest absolute Gasteiger partial charge is 0.335 e. The highest BCUT2D eigenvalue weighted by atomic mass is 35.5. The third-order valence-corrected chi connectivity index (χ3v) is 2.89. The number of aromatic carboxylic acids is 1. The summed E-state index contributed by atoms with van der Waals surface area (Å²) in [5, 5.41) is 13.2. The minimum atomic E-state index is -1.04. The second-order valence-corrected chi connectivity index (χ2v) is 4.78. The van der Waals surface area contributed by atoms with Gasteiger partial charge in [-0.1, -0.05) is 11.6 Å². The van der Waals surface area contributed by atoms with Gasteiger partial charge in [-0.3, -0.25) is 5.43 Å². The molecule has 0 saturated heterocycles. The molecular weight excluding hydrogens is 314 g/mol. The van der Waals surface area contributed by atoms with Crippen LogP contribution in [0.5, 0.6) is 0 Å². The predicted octanol–water partition coefficient (Wildman–Crippen LogP) is 2.47. The molecule has 0 atom stereocenters. The fourth-order valence-electron chi connectivity index (χ4n) is 1.57. The summed E-state index contributed by atoms with van der Waals surface area (Å²) < 4.78 is 5.52. The number of carboxylic acid groups (broad SMARTS) is 1. The molecular formula is C13H10ClN3O3S. The summed E-state index contributed by atoms with van der Waals surface area (Å²) in [5.41, 5.74) is 8.22. The van der Waals surface area contributed by atoms with Gasteiger partial charge in [0.05, 0.1) is 16.8 Å². The van der Waals surface area contributed by atoms with Gasteiger partial charge in [-0.15, -0.1) is 0 Å². The van der Waals surface area contributed by atoms with E-state index >= 15 is 0 Å². The van der Waals surface area contributed by atoms with Crippen molar-refractivity contribution >= 4 is 41.1 Å². The van der Waals surface area contributed by atoms with Crippen molar-refractivity contribution in [1.82, 2.24) is 5.43 Å². The van der Waals surface area contributed by atoms with E-state index in [4.69, 9.17) is 26.9 Å². The first kappa shape index (κ1) is 15.0. The number of benzene rings is 1. The fourth-order valence-corrected chi connectivity index (χ4v) is 1.84. The zero-order valence-electron chi connectivity index (χ0n) is 10.5. The Morgan fingerprint density at radius 3 is 2.86 bits per heavy atom. The number of halogens is 1. The average molecular weight is 324 g/mol.